The highest BCUT2D eigenvalue weighted by molar-refractivity contribution is 7.92. The van der Waals surface area contributed by atoms with Crippen molar-refractivity contribution in [3.05, 3.63) is 129 Å². The lowest BCUT2D eigenvalue weighted by atomic mass is 10.0. The molecule has 0 bridgehead atoms. The van der Waals surface area contributed by atoms with Gasteiger partial charge in [0.2, 0.25) is 11.8 Å². The summed E-state index contributed by atoms with van der Waals surface area (Å²) >= 11 is 12.7. The third-order valence-electron chi connectivity index (χ3n) is 7.25. The molecule has 0 aromatic heterocycles. The number of halogens is 2. The first-order valence-corrected chi connectivity index (χ1v) is 16.4. The van der Waals surface area contributed by atoms with E-state index in [0.29, 0.717) is 33.4 Å². The minimum Gasteiger partial charge on any atom is -0.355 e. The molecule has 0 radical (unpaired) electrons. The normalized spacial score (nSPS) is 11.9. The minimum absolute atomic E-state index is 0.0460. The molecule has 2 amide bonds. The molecule has 4 aromatic carbocycles. The zero-order valence-electron chi connectivity index (χ0n) is 24.8. The van der Waals surface area contributed by atoms with E-state index in [1.165, 1.54) is 17.0 Å². The van der Waals surface area contributed by atoms with Gasteiger partial charge in [0, 0.05) is 29.6 Å². The number of amides is 2. The van der Waals surface area contributed by atoms with Gasteiger partial charge in [-0.2, -0.15) is 0 Å². The van der Waals surface area contributed by atoms with Crippen molar-refractivity contribution in [2.45, 2.75) is 44.7 Å². The Kier molecular flexibility index (Phi) is 11.1. The van der Waals surface area contributed by atoms with Crippen LogP contribution in [0.5, 0.6) is 0 Å². The third kappa shape index (κ3) is 8.00. The molecule has 1 N–H and O–H groups in total. The maximum atomic E-state index is 14.5. The van der Waals surface area contributed by atoms with Crippen molar-refractivity contribution < 1.29 is 18.0 Å². The summed E-state index contributed by atoms with van der Waals surface area (Å²) < 4.78 is 29.4. The summed E-state index contributed by atoms with van der Waals surface area (Å²) in [6, 6.07) is 26.8. The highest BCUT2D eigenvalue weighted by atomic mass is 35.5. The molecule has 10 heteroatoms. The van der Waals surface area contributed by atoms with Crippen LogP contribution in [-0.2, 0) is 32.6 Å². The summed E-state index contributed by atoms with van der Waals surface area (Å²) in [6.07, 6.45) is 0.207. The predicted octanol–water partition coefficient (Wildman–Crippen LogP) is 6.58. The fourth-order valence-corrected chi connectivity index (χ4v) is 6.82. The molecule has 1 atom stereocenters. The molecule has 230 valence electrons. The number of nitrogens with one attached hydrogen (secondary N) is 1. The number of benzene rings is 4. The molecular weight excluding hydrogens is 617 g/mol. The van der Waals surface area contributed by atoms with Crippen molar-refractivity contribution in [2.75, 3.05) is 17.4 Å². The first kappa shape index (κ1) is 33.1. The van der Waals surface area contributed by atoms with E-state index < -0.39 is 28.5 Å². The maximum Gasteiger partial charge on any atom is 0.264 e. The molecule has 44 heavy (non-hydrogen) atoms. The number of anilines is 1. The van der Waals surface area contributed by atoms with Crippen LogP contribution in [-0.4, -0.2) is 44.3 Å². The second-order valence-electron chi connectivity index (χ2n) is 10.5. The van der Waals surface area contributed by atoms with Crippen LogP contribution in [0.4, 0.5) is 5.69 Å². The molecule has 0 saturated heterocycles. The lowest BCUT2D eigenvalue weighted by molar-refractivity contribution is -0.140. The van der Waals surface area contributed by atoms with Crippen molar-refractivity contribution >= 4 is 50.7 Å². The lowest BCUT2D eigenvalue weighted by Gasteiger charge is -2.34. The van der Waals surface area contributed by atoms with Crippen molar-refractivity contribution in [3.63, 3.8) is 0 Å². The van der Waals surface area contributed by atoms with Gasteiger partial charge in [-0.3, -0.25) is 13.9 Å². The summed E-state index contributed by atoms with van der Waals surface area (Å²) in [4.78, 5) is 29.5. The van der Waals surface area contributed by atoms with Crippen LogP contribution in [0.1, 0.15) is 29.2 Å². The third-order valence-corrected chi connectivity index (χ3v) is 9.61. The Labute approximate surface area is 269 Å². The Balaban J connectivity index is 1.82. The fourth-order valence-electron chi connectivity index (χ4n) is 4.87. The second-order valence-corrected chi connectivity index (χ2v) is 13.2. The zero-order valence-corrected chi connectivity index (χ0v) is 27.2. The zero-order chi connectivity index (χ0) is 31.9. The monoisotopic (exact) mass is 651 g/mol. The smallest absolute Gasteiger partial charge is 0.264 e. The van der Waals surface area contributed by atoms with Crippen LogP contribution < -0.4 is 9.62 Å². The molecule has 4 aromatic rings. The van der Waals surface area contributed by atoms with E-state index >= 15 is 0 Å². The van der Waals surface area contributed by atoms with Crippen molar-refractivity contribution in [1.29, 1.82) is 0 Å². The molecule has 4 rings (SSSR count). The highest BCUT2D eigenvalue weighted by Gasteiger charge is 2.35. The first-order chi connectivity index (χ1) is 21.0. The highest BCUT2D eigenvalue weighted by Crippen LogP contribution is 2.29. The Morgan fingerprint density at radius 1 is 0.864 bits per heavy atom. The van der Waals surface area contributed by atoms with E-state index in [1.807, 2.05) is 37.3 Å². The number of aryl methyl sites for hydroxylation is 2. The lowest BCUT2D eigenvalue weighted by Crippen LogP contribution is -2.53. The van der Waals surface area contributed by atoms with Gasteiger partial charge >= 0.3 is 0 Å². The quantitative estimate of drug-likeness (QED) is 0.187. The van der Waals surface area contributed by atoms with Crippen molar-refractivity contribution in [2.24, 2.45) is 0 Å². The van der Waals surface area contributed by atoms with Gasteiger partial charge < -0.3 is 10.2 Å². The van der Waals surface area contributed by atoms with E-state index in [1.54, 1.807) is 68.4 Å². The van der Waals surface area contributed by atoms with E-state index in [9.17, 15) is 18.0 Å². The van der Waals surface area contributed by atoms with Gasteiger partial charge in [0.05, 0.1) is 10.6 Å². The predicted molar refractivity (Wildman–Crippen MR) is 177 cm³/mol. The number of rotatable bonds is 12. The van der Waals surface area contributed by atoms with Gasteiger partial charge in [0.1, 0.15) is 12.6 Å². The number of carbonyl (C=O) groups excluding carboxylic acids is 2. The Morgan fingerprint density at radius 2 is 1.52 bits per heavy atom. The summed E-state index contributed by atoms with van der Waals surface area (Å²) in [7, 11) is -4.18. The molecular formula is C34H35Cl2N3O4S. The topological polar surface area (TPSA) is 86.8 Å². The van der Waals surface area contributed by atoms with E-state index in [2.05, 4.69) is 5.32 Å². The van der Waals surface area contributed by atoms with Gasteiger partial charge in [-0.25, -0.2) is 8.42 Å². The average molecular weight is 653 g/mol. The molecule has 7 nitrogen and oxygen atoms in total. The van der Waals surface area contributed by atoms with Gasteiger partial charge in [-0.15, -0.1) is 0 Å². The van der Waals surface area contributed by atoms with Crippen molar-refractivity contribution in [3.8, 4) is 0 Å². The largest absolute Gasteiger partial charge is 0.355 e. The summed E-state index contributed by atoms with van der Waals surface area (Å²) in [5.74, 6) is -0.930. The summed E-state index contributed by atoms with van der Waals surface area (Å²) in [5, 5.41) is 3.60. The molecule has 0 fully saturated rings. The van der Waals surface area contributed by atoms with Crippen LogP contribution in [0.25, 0.3) is 0 Å². The summed E-state index contributed by atoms with van der Waals surface area (Å²) in [5.41, 5.74) is 3.35. The first-order valence-electron chi connectivity index (χ1n) is 14.2. The number of hydrogen-bond donors (Lipinski definition) is 1. The van der Waals surface area contributed by atoms with E-state index in [0.717, 1.165) is 15.4 Å². The molecule has 0 aliphatic carbocycles. The fraction of sp³-hybridized carbons (Fsp3) is 0.235. The van der Waals surface area contributed by atoms with Crippen molar-refractivity contribution in [1.82, 2.24) is 10.2 Å². The number of hydrogen-bond acceptors (Lipinski definition) is 4. The number of sulfonamides is 1. The number of carbonyl (C=O) groups is 2. The van der Waals surface area contributed by atoms with Gasteiger partial charge in [-0.1, -0.05) is 95.5 Å². The standard InChI is InChI=1S/C34H35Cl2N3O4S/c1-4-37-34(41)32(20-26-11-6-5-7-12-26)38(22-27-16-17-28(35)21-30(27)36)33(40)23-39(31-13-9-8-10-25(31)3)44(42,43)29-18-14-24(2)15-19-29/h5-19,21,32H,4,20,22-23H2,1-3H3,(H,37,41)/t32-/m0/s1. The second kappa shape index (κ2) is 14.8. The van der Waals surface area contributed by atoms with Crippen LogP contribution in [0, 0.1) is 13.8 Å². The van der Waals surface area contributed by atoms with E-state index in [4.69, 9.17) is 23.2 Å². The summed E-state index contributed by atoms with van der Waals surface area (Å²) in [6.45, 7) is 5.22. The number of para-hydroxylation sites is 1. The Bertz CT molecular complexity index is 1710. The SMILES string of the molecule is CCNC(=O)[C@H](Cc1ccccc1)N(Cc1ccc(Cl)cc1Cl)C(=O)CN(c1ccccc1C)S(=O)(=O)c1ccc(C)cc1. The van der Waals surface area contributed by atoms with Crippen LogP contribution in [0.15, 0.2) is 102 Å². The number of nitrogens with zero attached hydrogens (tertiary/aromatic N) is 2. The Hall–Kier alpha value is -3.85. The number of likely N-dealkylation sites (N-methyl/N-ethyl adjacent to an activating group) is 1. The Morgan fingerprint density at radius 3 is 2.16 bits per heavy atom. The van der Waals surface area contributed by atoms with Crippen LogP contribution in [0.3, 0.4) is 0 Å². The average Bonchev–Trinajstić information content (AvgIpc) is 3.00. The molecule has 0 spiro atoms. The molecule has 0 unspecified atom stereocenters. The van der Waals surface area contributed by atoms with Crippen LogP contribution >= 0.6 is 23.2 Å². The van der Waals surface area contributed by atoms with E-state index in [-0.39, 0.29) is 23.8 Å². The van der Waals surface area contributed by atoms with Crippen LogP contribution in [0.2, 0.25) is 10.0 Å². The maximum absolute atomic E-state index is 14.5. The molecule has 0 aliphatic rings. The molecule has 0 aliphatic heterocycles. The molecule has 0 saturated carbocycles. The van der Waals surface area contributed by atoms with Gasteiger partial charge in [0.15, 0.2) is 0 Å². The molecule has 0 heterocycles. The van der Waals surface area contributed by atoms with Gasteiger partial charge in [-0.05, 0) is 67.8 Å². The minimum atomic E-state index is -4.18. The van der Waals surface area contributed by atoms with Gasteiger partial charge in [0.25, 0.3) is 10.0 Å².